The van der Waals surface area contributed by atoms with E-state index in [0.29, 0.717) is 37.7 Å². The first-order chi connectivity index (χ1) is 14.4. The van der Waals surface area contributed by atoms with Gasteiger partial charge in [-0.25, -0.2) is 4.99 Å². The Morgan fingerprint density at radius 1 is 1.06 bits per heavy atom. The van der Waals surface area contributed by atoms with Gasteiger partial charge in [-0.2, -0.15) is 8.78 Å². The van der Waals surface area contributed by atoms with E-state index in [4.69, 9.17) is 0 Å². The minimum atomic E-state index is -2.84. The van der Waals surface area contributed by atoms with Crippen LogP contribution in [-0.2, 0) is 13.1 Å². The van der Waals surface area contributed by atoms with E-state index in [1.165, 1.54) is 12.1 Å². The quantitative estimate of drug-likeness (QED) is 0.281. The third-order valence-electron chi connectivity index (χ3n) is 4.20. The summed E-state index contributed by atoms with van der Waals surface area (Å²) in [5.41, 5.74) is 2.47. The van der Waals surface area contributed by atoms with Gasteiger partial charge in [0.25, 0.3) is 5.91 Å². The second-order valence-corrected chi connectivity index (χ2v) is 6.61. The largest absolute Gasteiger partial charge is 0.435 e. The molecule has 0 fully saturated rings. The van der Waals surface area contributed by atoms with Gasteiger partial charge in [0.2, 0.25) is 0 Å². The van der Waals surface area contributed by atoms with Crippen LogP contribution < -0.4 is 15.4 Å². The Morgan fingerprint density at radius 2 is 1.74 bits per heavy atom. The van der Waals surface area contributed by atoms with E-state index < -0.39 is 6.61 Å². The highest BCUT2D eigenvalue weighted by Crippen LogP contribution is 2.16. The van der Waals surface area contributed by atoms with Crippen LogP contribution in [0.5, 0.6) is 5.75 Å². The fourth-order valence-corrected chi connectivity index (χ4v) is 2.83. The molecular formula is C22H29F2IN4O2. The lowest BCUT2D eigenvalue weighted by Crippen LogP contribution is -2.38. The fraction of sp³-hybridized carbons (Fsp3) is 0.364. The number of hydrogen-bond acceptors (Lipinski definition) is 3. The van der Waals surface area contributed by atoms with Crippen molar-refractivity contribution in [3.05, 3.63) is 65.2 Å². The van der Waals surface area contributed by atoms with Gasteiger partial charge < -0.3 is 20.3 Å². The maximum absolute atomic E-state index is 12.3. The van der Waals surface area contributed by atoms with Gasteiger partial charge in [-0.1, -0.05) is 24.3 Å². The molecule has 0 atom stereocenters. The highest BCUT2D eigenvalue weighted by molar-refractivity contribution is 14.0. The summed E-state index contributed by atoms with van der Waals surface area (Å²) in [4.78, 5) is 18.6. The van der Waals surface area contributed by atoms with Crippen LogP contribution >= 0.6 is 24.0 Å². The fourth-order valence-electron chi connectivity index (χ4n) is 2.83. The molecule has 0 bridgehead atoms. The van der Waals surface area contributed by atoms with Crippen molar-refractivity contribution >= 4 is 35.8 Å². The molecule has 170 valence electrons. The van der Waals surface area contributed by atoms with Crippen LogP contribution in [0.15, 0.2) is 53.5 Å². The normalized spacial score (nSPS) is 11.0. The first-order valence-electron chi connectivity index (χ1n) is 9.83. The van der Waals surface area contributed by atoms with Gasteiger partial charge in [0, 0.05) is 32.2 Å². The third-order valence-corrected chi connectivity index (χ3v) is 4.20. The first-order valence-corrected chi connectivity index (χ1v) is 9.83. The molecule has 2 rings (SSSR count). The zero-order chi connectivity index (χ0) is 21.9. The molecule has 6 nitrogen and oxygen atoms in total. The van der Waals surface area contributed by atoms with Crippen LogP contribution in [0.4, 0.5) is 8.78 Å². The second-order valence-electron chi connectivity index (χ2n) is 6.61. The van der Waals surface area contributed by atoms with Gasteiger partial charge in [0.1, 0.15) is 5.75 Å². The number of ether oxygens (including phenoxy) is 1. The van der Waals surface area contributed by atoms with Gasteiger partial charge in [-0.15, -0.1) is 24.0 Å². The van der Waals surface area contributed by atoms with Crippen LogP contribution in [0, 0.1) is 0 Å². The van der Waals surface area contributed by atoms with Crippen LogP contribution in [0.3, 0.4) is 0 Å². The number of guanidine groups is 1. The predicted octanol–water partition coefficient (Wildman–Crippen LogP) is 4.25. The Hall–Kier alpha value is -2.43. The molecule has 9 heteroatoms. The van der Waals surface area contributed by atoms with Crippen LogP contribution in [0.2, 0.25) is 0 Å². The lowest BCUT2D eigenvalue weighted by molar-refractivity contribution is -0.0498. The Balaban J connectivity index is 0.00000480. The number of halogens is 3. The Bertz CT molecular complexity index is 848. The Labute approximate surface area is 199 Å². The van der Waals surface area contributed by atoms with Crippen molar-refractivity contribution in [1.29, 1.82) is 0 Å². The SMILES string of the molecule is CCNC(=O)c1cccc(CN=C(NCC)N(C)Cc2ccc(OC(F)F)cc2)c1.I. The van der Waals surface area contributed by atoms with Crippen LogP contribution in [0.1, 0.15) is 35.3 Å². The van der Waals surface area contributed by atoms with Gasteiger partial charge in [-0.3, -0.25) is 4.79 Å². The van der Waals surface area contributed by atoms with Gasteiger partial charge in [0.15, 0.2) is 5.96 Å². The van der Waals surface area contributed by atoms with E-state index in [1.807, 2.05) is 44.0 Å². The van der Waals surface area contributed by atoms with Gasteiger partial charge >= 0.3 is 6.61 Å². The molecule has 31 heavy (non-hydrogen) atoms. The number of amides is 1. The number of carbonyl (C=O) groups excluding carboxylic acids is 1. The molecule has 0 aliphatic carbocycles. The maximum Gasteiger partial charge on any atom is 0.387 e. The Kier molecular flexibility index (Phi) is 11.8. The summed E-state index contributed by atoms with van der Waals surface area (Å²) in [5, 5.41) is 6.03. The van der Waals surface area contributed by atoms with Crippen molar-refractivity contribution in [1.82, 2.24) is 15.5 Å². The molecule has 0 heterocycles. The van der Waals surface area contributed by atoms with E-state index in [-0.39, 0.29) is 35.6 Å². The number of alkyl halides is 2. The zero-order valence-corrected chi connectivity index (χ0v) is 20.2. The second kappa shape index (κ2) is 13.8. The average Bonchev–Trinajstić information content (AvgIpc) is 2.72. The van der Waals surface area contributed by atoms with Gasteiger partial charge in [0.05, 0.1) is 6.54 Å². The predicted molar refractivity (Wildman–Crippen MR) is 129 cm³/mol. The lowest BCUT2D eigenvalue weighted by atomic mass is 10.1. The molecular weight excluding hydrogens is 517 g/mol. The average molecular weight is 546 g/mol. The molecule has 0 unspecified atom stereocenters. The van der Waals surface area contributed by atoms with Crippen LogP contribution in [-0.4, -0.2) is 43.5 Å². The summed E-state index contributed by atoms with van der Waals surface area (Å²) in [6, 6.07) is 13.9. The number of hydrogen-bond donors (Lipinski definition) is 2. The van der Waals surface area contributed by atoms with Crippen LogP contribution in [0.25, 0.3) is 0 Å². The molecule has 0 radical (unpaired) electrons. The summed E-state index contributed by atoms with van der Waals surface area (Å²) in [6.45, 7) is 3.26. The summed E-state index contributed by atoms with van der Waals surface area (Å²) in [6.07, 6.45) is 0. The molecule has 2 aromatic rings. The molecule has 0 aliphatic rings. The third kappa shape index (κ3) is 9.07. The molecule has 0 spiro atoms. The smallest absolute Gasteiger partial charge is 0.387 e. The van der Waals surface area contributed by atoms with Crippen molar-refractivity contribution < 1.29 is 18.3 Å². The number of nitrogens with zero attached hydrogens (tertiary/aromatic N) is 2. The number of benzene rings is 2. The standard InChI is InChI=1S/C22H28F2N4O2.HI/c1-4-25-20(29)18-8-6-7-17(13-18)14-27-22(26-5-2)28(3)15-16-9-11-19(12-10-16)30-21(23)24;/h6-13,21H,4-5,14-15H2,1-3H3,(H,25,29)(H,26,27);1H. The Morgan fingerprint density at radius 3 is 2.35 bits per heavy atom. The minimum Gasteiger partial charge on any atom is -0.435 e. The van der Waals surface area contributed by atoms with Gasteiger partial charge in [-0.05, 0) is 49.2 Å². The number of carbonyl (C=O) groups is 1. The lowest BCUT2D eigenvalue weighted by Gasteiger charge is -2.22. The molecule has 0 aromatic heterocycles. The summed E-state index contributed by atoms with van der Waals surface area (Å²) in [5.74, 6) is 0.726. The number of aliphatic imine (C=N–C) groups is 1. The van der Waals surface area contributed by atoms with E-state index in [2.05, 4.69) is 20.4 Å². The van der Waals surface area contributed by atoms with Crippen molar-refractivity contribution in [2.24, 2.45) is 4.99 Å². The molecule has 0 aliphatic heterocycles. The summed E-state index contributed by atoms with van der Waals surface area (Å²) in [7, 11) is 1.90. The van der Waals surface area contributed by atoms with Crippen molar-refractivity contribution in [2.45, 2.75) is 33.5 Å². The van der Waals surface area contributed by atoms with Crippen molar-refractivity contribution in [3.8, 4) is 5.75 Å². The monoisotopic (exact) mass is 546 g/mol. The summed E-state index contributed by atoms with van der Waals surface area (Å²) >= 11 is 0. The molecule has 2 N–H and O–H groups in total. The van der Waals surface area contributed by atoms with E-state index in [1.54, 1.807) is 18.2 Å². The number of nitrogens with one attached hydrogen (secondary N) is 2. The molecule has 0 saturated heterocycles. The van der Waals surface area contributed by atoms with E-state index >= 15 is 0 Å². The first kappa shape index (κ1) is 26.6. The zero-order valence-electron chi connectivity index (χ0n) is 17.9. The van der Waals surface area contributed by atoms with E-state index in [9.17, 15) is 13.6 Å². The van der Waals surface area contributed by atoms with Crippen molar-refractivity contribution in [2.75, 3.05) is 20.1 Å². The highest BCUT2D eigenvalue weighted by atomic mass is 127. The maximum atomic E-state index is 12.3. The molecule has 2 aromatic carbocycles. The highest BCUT2D eigenvalue weighted by Gasteiger charge is 2.09. The minimum absolute atomic E-state index is 0. The summed E-state index contributed by atoms with van der Waals surface area (Å²) < 4.78 is 28.9. The molecule has 0 saturated carbocycles. The van der Waals surface area contributed by atoms with Crippen molar-refractivity contribution in [3.63, 3.8) is 0 Å². The van der Waals surface area contributed by atoms with E-state index in [0.717, 1.165) is 11.1 Å². The topological polar surface area (TPSA) is 66.0 Å². The number of rotatable bonds is 9. The molecule has 1 amide bonds.